The van der Waals surface area contributed by atoms with E-state index in [-0.39, 0.29) is 31.6 Å². The fourth-order valence-corrected chi connectivity index (χ4v) is 2.47. The standard InChI is InChI=1S/C13H20F3NO3/c1-7(2)10(12(19)20)17-11(18)8-3-5-9(6-4-8)13(14,15)16/h7-10H,3-6H2,1-2H3,(H,17,18)(H,19,20)/t8?,9?,10-/m1/s1. The minimum absolute atomic E-state index is 0.0684. The molecule has 0 spiro atoms. The maximum absolute atomic E-state index is 12.5. The molecule has 0 heterocycles. The molecular formula is C13H20F3NO3. The predicted octanol–water partition coefficient (Wildman–Crippen LogP) is 2.58. The number of carboxylic acid groups (broad SMARTS) is 1. The van der Waals surface area contributed by atoms with E-state index in [0.29, 0.717) is 0 Å². The zero-order valence-electron chi connectivity index (χ0n) is 11.5. The predicted molar refractivity (Wildman–Crippen MR) is 65.9 cm³/mol. The van der Waals surface area contributed by atoms with Gasteiger partial charge < -0.3 is 10.4 Å². The average molecular weight is 295 g/mol. The molecule has 7 heteroatoms. The quantitative estimate of drug-likeness (QED) is 0.837. The number of aliphatic carboxylic acids is 1. The number of halogens is 3. The third kappa shape index (κ3) is 4.38. The van der Waals surface area contributed by atoms with Crippen molar-refractivity contribution in [2.75, 3.05) is 0 Å². The Morgan fingerprint density at radius 1 is 1.15 bits per heavy atom. The van der Waals surface area contributed by atoms with Crippen molar-refractivity contribution in [3.05, 3.63) is 0 Å². The number of alkyl halides is 3. The van der Waals surface area contributed by atoms with Gasteiger partial charge in [-0.25, -0.2) is 4.79 Å². The number of amides is 1. The first-order valence-electron chi connectivity index (χ1n) is 6.72. The highest BCUT2D eigenvalue weighted by Crippen LogP contribution is 2.39. The van der Waals surface area contributed by atoms with Gasteiger partial charge in [-0.15, -0.1) is 0 Å². The molecule has 0 saturated heterocycles. The van der Waals surface area contributed by atoms with Gasteiger partial charge in [-0.2, -0.15) is 13.2 Å². The van der Waals surface area contributed by atoms with E-state index in [1.807, 2.05) is 0 Å². The van der Waals surface area contributed by atoms with Gasteiger partial charge in [0, 0.05) is 5.92 Å². The highest BCUT2D eigenvalue weighted by Gasteiger charge is 2.42. The second kappa shape index (κ2) is 6.45. The van der Waals surface area contributed by atoms with Gasteiger partial charge in [0.05, 0.1) is 5.92 Å². The molecule has 116 valence electrons. The molecule has 0 aromatic rings. The average Bonchev–Trinajstić information content (AvgIpc) is 2.34. The molecular weight excluding hydrogens is 275 g/mol. The number of nitrogens with one attached hydrogen (secondary N) is 1. The summed E-state index contributed by atoms with van der Waals surface area (Å²) in [6, 6.07) is -0.997. The number of hydrogen-bond acceptors (Lipinski definition) is 2. The fourth-order valence-electron chi connectivity index (χ4n) is 2.47. The highest BCUT2D eigenvalue weighted by atomic mass is 19.4. The first-order chi connectivity index (χ1) is 9.12. The Bertz CT molecular complexity index is 360. The smallest absolute Gasteiger partial charge is 0.391 e. The maximum atomic E-state index is 12.5. The van der Waals surface area contributed by atoms with Gasteiger partial charge in [0.15, 0.2) is 0 Å². The van der Waals surface area contributed by atoms with E-state index in [1.165, 1.54) is 0 Å². The van der Waals surface area contributed by atoms with Crippen LogP contribution in [-0.4, -0.2) is 29.2 Å². The van der Waals surface area contributed by atoms with Crippen LogP contribution < -0.4 is 5.32 Å². The van der Waals surface area contributed by atoms with Gasteiger partial charge in [-0.05, 0) is 31.6 Å². The van der Waals surface area contributed by atoms with Gasteiger partial charge >= 0.3 is 12.1 Å². The minimum Gasteiger partial charge on any atom is -0.480 e. The molecule has 1 rings (SSSR count). The van der Waals surface area contributed by atoms with Crippen LogP contribution in [0.2, 0.25) is 0 Å². The number of carbonyl (C=O) groups is 2. The molecule has 0 aliphatic heterocycles. The van der Waals surface area contributed by atoms with Gasteiger partial charge in [0.25, 0.3) is 0 Å². The molecule has 1 atom stereocenters. The van der Waals surface area contributed by atoms with Crippen LogP contribution in [0.15, 0.2) is 0 Å². The van der Waals surface area contributed by atoms with Crippen molar-refractivity contribution < 1.29 is 27.9 Å². The lowest BCUT2D eigenvalue weighted by molar-refractivity contribution is -0.184. The first-order valence-corrected chi connectivity index (χ1v) is 6.72. The summed E-state index contributed by atoms with van der Waals surface area (Å²) in [5.74, 6) is -3.71. The Hall–Kier alpha value is -1.27. The summed E-state index contributed by atoms with van der Waals surface area (Å²) in [6.45, 7) is 3.33. The Morgan fingerprint density at radius 3 is 2.00 bits per heavy atom. The minimum atomic E-state index is -4.21. The molecule has 0 bridgehead atoms. The van der Waals surface area contributed by atoms with E-state index in [1.54, 1.807) is 13.8 Å². The largest absolute Gasteiger partial charge is 0.480 e. The number of carboxylic acids is 1. The lowest BCUT2D eigenvalue weighted by Gasteiger charge is -2.30. The Kier molecular flexibility index (Phi) is 5.42. The van der Waals surface area contributed by atoms with Crippen LogP contribution >= 0.6 is 0 Å². The zero-order valence-corrected chi connectivity index (χ0v) is 11.5. The second-order valence-electron chi connectivity index (χ2n) is 5.66. The van der Waals surface area contributed by atoms with E-state index in [2.05, 4.69) is 5.32 Å². The molecule has 0 radical (unpaired) electrons. The van der Waals surface area contributed by atoms with E-state index in [4.69, 9.17) is 5.11 Å². The molecule has 1 aliphatic rings. The van der Waals surface area contributed by atoms with Crippen LogP contribution in [0.5, 0.6) is 0 Å². The summed E-state index contributed by atoms with van der Waals surface area (Å²) in [4.78, 5) is 22.9. The summed E-state index contributed by atoms with van der Waals surface area (Å²) in [7, 11) is 0. The molecule has 0 aromatic heterocycles. The molecule has 1 amide bonds. The van der Waals surface area contributed by atoms with Gasteiger partial charge in [-0.1, -0.05) is 13.8 Å². The van der Waals surface area contributed by atoms with Crippen LogP contribution in [0.25, 0.3) is 0 Å². The van der Waals surface area contributed by atoms with E-state index in [9.17, 15) is 22.8 Å². The van der Waals surface area contributed by atoms with Crippen molar-refractivity contribution in [3.63, 3.8) is 0 Å². The van der Waals surface area contributed by atoms with Crippen LogP contribution in [0, 0.1) is 17.8 Å². The van der Waals surface area contributed by atoms with Crippen LogP contribution in [0.3, 0.4) is 0 Å². The molecule has 0 aromatic carbocycles. The van der Waals surface area contributed by atoms with Crippen LogP contribution in [-0.2, 0) is 9.59 Å². The molecule has 1 aliphatic carbocycles. The molecule has 1 saturated carbocycles. The summed E-state index contributed by atoms with van der Waals surface area (Å²) in [5.41, 5.74) is 0. The monoisotopic (exact) mass is 295 g/mol. The maximum Gasteiger partial charge on any atom is 0.391 e. The molecule has 20 heavy (non-hydrogen) atoms. The van der Waals surface area contributed by atoms with Gasteiger partial charge in [0.1, 0.15) is 6.04 Å². The summed E-state index contributed by atoms with van der Waals surface area (Å²) >= 11 is 0. The van der Waals surface area contributed by atoms with Gasteiger partial charge in [0.2, 0.25) is 5.91 Å². The topological polar surface area (TPSA) is 66.4 Å². The zero-order chi connectivity index (χ0) is 15.5. The molecule has 2 N–H and O–H groups in total. The normalized spacial score (nSPS) is 25.3. The third-order valence-electron chi connectivity index (χ3n) is 3.79. The lowest BCUT2D eigenvalue weighted by atomic mass is 9.81. The Balaban J connectivity index is 2.53. The van der Waals surface area contributed by atoms with Crippen LogP contribution in [0.4, 0.5) is 13.2 Å². The van der Waals surface area contributed by atoms with Crippen molar-refractivity contribution in [1.29, 1.82) is 0 Å². The number of carbonyl (C=O) groups excluding carboxylic acids is 1. The highest BCUT2D eigenvalue weighted by molar-refractivity contribution is 5.85. The fraction of sp³-hybridized carbons (Fsp3) is 0.846. The number of rotatable bonds is 4. The third-order valence-corrected chi connectivity index (χ3v) is 3.79. The lowest BCUT2D eigenvalue weighted by Crippen LogP contribution is -2.47. The van der Waals surface area contributed by atoms with Gasteiger partial charge in [-0.3, -0.25) is 4.79 Å². The van der Waals surface area contributed by atoms with Crippen molar-refractivity contribution in [3.8, 4) is 0 Å². The number of hydrogen-bond donors (Lipinski definition) is 2. The van der Waals surface area contributed by atoms with Crippen molar-refractivity contribution >= 4 is 11.9 Å². The second-order valence-corrected chi connectivity index (χ2v) is 5.66. The summed E-state index contributed by atoms with van der Waals surface area (Å²) in [6.07, 6.45) is -4.04. The molecule has 1 fully saturated rings. The van der Waals surface area contributed by atoms with E-state index in [0.717, 1.165) is 0 Å². The SMILES string of the molecule is CC(C)[C@@H](NC(=O)C1CCC(C(F)(F)F)CC1)C(=O)O. The van der Waals surface area contributed by atoms with Crippen molar-refractivity contribution in [2.24, 2.45) is 17.8 Å². The van der Waals surface area contributed by atoms with E-state index < -0.39 is 35.9 Å². The molecule has 0 unspecified atom stereocenters. The Morgan fingerprint density at radius 2 is 1.65 bits per heavy atom. The van der Waals surface area contributed by atoms with Crippen molar-refractivity contribution in [1.82, 2.24) is 5.32 Å². The summed E-state index contributed by atoms with van der Waals surface area (Å²) < 4.78 is 37.5. The summed E-state index contributed by atoms with van der Waals surface area (Å²) in [5, 5.41) is 11.4. The first kappa shape index (κ1) is 16.8. The van der Waals surface area contributed by atoms with E-state index >= 15 is 0 Å². The molecule has 4 nitrogen and oxygen atoms in total. The van der Waals surface area contributed by atoms with Crippen molar-refractivity contribution in [2.45, 2.75) is 51.7 Å². The Labute approximate surface area is 115 Å². The van der Waals surface area contributed by atoms with Crippen LogP contribution in [0.1, 0.15) is 39.5 Å².